The van der Waals surface area contributed by atoms with Crippen LogP contribution in [0.4, 0.5) is 5.69 Å². The molecule has 0 radical (unpaired) electrons. The molecule has 0 unspecified atom stereocenters. The van der Waals surface area contributed by atoms with Crippen LogP contribution in [0.1, 0.15) is 16.7 Å². The van der Waals surface area contributed by atoms with Crippen LogP contribution in [0.5, 0.6) is 17.2 Å². The van der Waals surface area contributed by atoms with Crippen molar-refractivity contribution in [1.29, 1.82) is 0 Å². The number of aryl methyl sites for hydroxylation is 2. The third-order valence-electron chi connectivity index (χ3n) is 5.39. The van der Waals surface area contributed by atoms with Gasteiger partial charge in [-0.2, -0.15) is 5.10 Å². The smallest absolute Gasteiger partial charge is 0.264 e. The molecule has 0 heterocycles. The highest BCUT2D eigenvalue weighted by molar-refractivity contribution is 7.92. The first-order valence-corrected chi connectivity index (χ1v) is 13.1. The van der Waals surface area contributed by atoms with E-state index in [0.29, 0.717) is 22.7 Å². The molecule has 0 aliphatic heterocycles. The lowest BCUT2D eigenvalue weighted by Gasteiger charge is -2.25. The zero-order valence-electron chi connectivity index (χ0n) is 22.0. The van der Waals surface area contributed by atoms with Gasteiger partial charge < -0.3 is 19.9 Å². The zero-order valence-corrected chi connectivity index (χ0v) is 22.8. The standard InChI is InChI=1S/C27H30N4O7S/c1-18-11-19(2)13-21(12-18)31(39(34,35)23-9-10-24(36-3)25(14-23)37-4)16-27(33)30-29-15-20-5-7-22(8-6-20)38-17-26(28)32/h5-15H,16-17H2,1-4H3,(H2,28,32)(H,30,33)/b29-15-. The number of primary amides is 1. The minimum absolute atomic E-state index is 0.0748. The van der Waals surface area contributed by atoms with Gasteiger partial charge in [-0.15, -0.1) is 0 Å². The number of hydrazone groups is 1. The number of carbonyl (C=O) groups excluding carboxylic acids is 2. The number of carbonyl (C=O) groups is 2. The second kappa shape index (κ2) is 12.8. The molecule has 0 aliphatic carbocycles. The summed E-state index contributed by atoms with van der Waals surface area (Å²) in [6.45, 7) is 2.90. The lowest BCUT2D eigenvalue weighted by atomic mass is 10.1. The molecule has 3 aromatic carbocycles. The molecule has 0 atom stereocenters. The van der Waals surface area contributed by atoms with Gasteiger partial charge in [0, 0.05) is 6.07 Å². The number of methoxy groups -OCH3 is 2. The topological polar surface area (TPSA) is 150 Å². The average molecular weight is 555 g/mol. The second-order valence-electron chi connectivity index (χ2n) is 8.49. The maximum atomic E-state index is 13.8. The van der Waals surface area contributed by atoms with Gasteiger partial charge in [-0.25, -0.2) is 13.8 Å². The largest absolute Gasteiger partial charge is 0.493 e. The van der Waals surface area contributed by atoms with Gasteiger partial charge in [-0.3, -0.25) is 13.9 Å². The van der Waals surface area contributed by atoms with Crippen LogP contribution in [-0.2, 0) is 19.6 Å². The summed E-state index contributed by atoms with van der Waals surface area (Å²) in [4.78, 5) is 23.6. The molecular weight excluding hydrogens is 524 g/mol. The predicted molar refractivity (Wildman–Crippen MR) is 147 cm³/mol. The summed E-state index contributed by atoms with van der Waals surface area (Å²) < 4.78 is 44.2. The van der Waals surface area contributed by atoms with E-state index in [0.717, 1.165) is 15.4 Å². The van der Waals surface area contributed by atoms with Gasteiger partial charge in [-0.05, 0) is 79.1 Å². The van der Waals surface area contributed by atoms with E-state index in [9.17, 15) is 18.0 Å². The van der Waals surface area contributed by atoms with Crippen molar-refractivity contribution in [3.63, 3.8) is 0 Å². The van der Waals surface area contributed by atoms with E-state index >= 15 is 0 Å². The molecule has 0 fully saturated rings. The van der Waals surface area contributed by atoms with Gasteiger partial charge in [0.25, 0.3) is 21.8 Å². The van der Waals surface area contributed by atoms with Gasteiger partial charge in [0.15, 0.2) is 18.1 Å². The number of hydrogen-bond donors (Lipinski definition) is 2. The summed E-state index contributed by atoms with van der Waals surface area (Å²) >= 11 is 0. The van der Waals surface area contributed by atoms with Crippen molar-refractivity contribution >= 4 is 33.7 Å². The minimum Gasteiger partial charge on any atom is -0.493 e. The SMILES string of the molecule is COc1ccc(S(=O)(=O)N(CC(=O)N/N=C\c2ccc(OCC(N)=O)cc2)c2cc(C)cc(C)c2)cc1OC. The Balaban J connectivity index is 1.83. The number of benzene rings is 3. The van der Waals surface area contributed by atoms with E-state index in [1.165, 1.54) is 38.6 Å². The van der Waals surface area contributed by atoms with E-state index < -0.39 is 28.4 Å². The first-order chi connectivity index (χ1) is 18.5. The number of rotatable bonds is 12. The van der Waals surface area contributed by atoms with E-state index in [2.05, 4.69) is 10.5 Å². The van der Waals surface area contributed by atoms with E-state index in [1.807, 2.05) is 19.9 Å². The molecule has 2 amide bonds. The van der Waals surface area contributed by atoms with Gasteiger partial charge in [0.05, 0.1) is 31.0 Å². The minimum atomic E-state index is -4.20. The summed E-state index contributed by atoms with van der Waals surface area (Å²) in [6, 6.07) is 16.0. The average Bonchev–Trinajstić information content (AvgIpc) is 2.90. The number of nitrogens with zero attached hydrogens (tertiary/aromatic N) is 2. The second-order valence-corrected chi connectivity index (χ2v) is 10.4. The van der Waals surface area contributed by atoms with Gasteiger partial charge in [-0.1, -0.05) is 6.07 Å². The van der Waals surface area contributed by atoms with Crippen LogP contribution in [0.2, 0.25) is 0 Å². The Hall–Kier alpha value is -4.58. The van der Waals surface area contributed by atoms with E-state index in [-0.39, 0.29) is 17.3 Å². The maximum Gasteiger partial charge on any atom is 0.264 e. The third-order valence-corrected chi connectivity index (χ3v) is 7.16. The van der Waals surface area contributed by atoms with Crippen molar-refractivity contribution in [3.05, 3.63) is 77.4 Å². The number of hydrogen-bond acceptors (Lipinski definition) is 8. The summed E-state index contributed by atoms with van der Waals surface area (Å²) in [6.07, 6.45) is 1.39. The summed E-state index contributed by atoms with van der Waals surface area (Å²) in [7, 11) is -1.34. The zero-order chi connectivity index (χ0) is 28.6. The summed E-state index contributed by atoms with van der Waals surface area (Å²) in [5.41, 5.74) is 10.0. The van der Waals surface area contributed by atoms with Crippen molar-refractivity contribution in [2.45, 2.75) is 18.7 Å². The molecule has 0 aliphatic rings. The molecule has 12 heteroatoms. The highest BCUT2D eigenvalue weighted by Gasteiger charge is 2.28. The van der Waals surface area contributed by atoms with Crippen LogP contribution in [0.25, 0.3) is 0 Å². The number of nitrogens with one attached hydrogen (secondary N) is 1. The molecule has 0 aromatic heterocycles. The lowest BCUT2D eigenvalue weighted by molar-refractivity contribution is -0.120. The van der Waals surface area contributed by atoms with Crippen LogP contribution >= 0.6 is 0 Å². The van der Waals surface area contributed by atoms with Crippen molar-refractivity contribution in [1.82, 2.24) is 5.43 Å². The molecule has 3 rings (SSSR count). The van der Waals surface area contributed by atoms with Gasteiger partial charge in [0.1, 0.15) is 12.3 Å². The van der Waals surface area contributed by atoms with E-state index in [4.69, 9.17) is 19.9 Å². The quantitative estimate of drug-likeness (QED) is 0.258. The number of ether oxygens (including phenoxy) is 3. The third kappa shape index (κ3) is 7.71. The molecule has 3 aromatic rings. The van der Waals surface area contributed by atoms with Gasteiger partial charge in [0.2, 0.25) is 0 Å². The van der Waals surface area contributed by atoms with Crippen LogP contribution in [-0.4, -0.2) is 53.8 Å². The molecule has 39 heavy (non-hydrogen) atoms. The molecule has 0 spiro atoms. The number of sulfonamides is 1. The molecule has 0 saturated heterocycles. The molecule has 3 N–H and O–H groups in total. The molecule has 0 saturated carbocycles. The van der Waals surface area contributed by atoms with Crippen LogP contribution in [0.3, 0.4) is 0 Å². The van der Waals surface area contributed by atoms with Crippen LogP contribution in [0, 0.1) is 13.8 Å². The van der Waals surface area contributed by atoms with E-state index in [1.54, 1.807) is 36.4 Å². The maximum absolute atomic E-state index is 13.8. The number of nitrogens with two attached hydrogens (primary N) is 1. The predicted octanol–water partition coefficient (Wildman–Crippen LogP) is 2.53. The summed E-state index contributed by atoms with van der Waals surface area (Å²) in [5.74, 6) is -0.199. The fourth-order valence-corrected chi connectivity index (χ4v) is 5.08. The monoisotopic (exact) mass is 554 g/mol. The molecular formula is C27H30N4O7S. The van der Waals surface area contributed by atoms with Crippen molar-refractivity contribution in [2.24, 2.45) is 10.8 Å². The van der Waals surface area contributed by atoms with Crippen molar-refractivity contribution < 1.29 is 32.2 Å². The molecule has 0 bridgehead atoms. The summed E-state index contributed by atoms with van der Waals surface area (Å²) in [5, 5.41) is 3.93. The highest BCUT2D eigenvalue weighted by Crippen LogP contribution is 2.32. The Bertz CT molecular complexity index is 1450. The Morgan fingerprint density at radius 2 is 1.59 bits per heavy atom. The van der Waals surface area contributed by atoms with Crippen LogP contribution in [0.15, 0.2) is 70.7 Å². The highest BCUT2D eigenvalue weighted by atomic mass is 32.2. The number of anilines is 1. The fourth-order valence-electron chi connectivity index (χ4n) is 3.66. The van der Waals surface area contributed by atoms with Gasteiger partial charge >= 0.3 is 0 Å². The Labute approximate surface area is 227 Å². The first kappa shape index (κ1) is 29.0. The fraction of sp³-hybridized carbons (Fsp3) is 0.222. The van der Waals surface area contributed by atoms with Crippen molar-refractivity contribution in [2.75, 3.05) is 31.7 Å². The molecule has 11 nitrogen and oxygen atoms in total. The van der Waals surface area contributed by atoms with Crippen LogP contribution < -0.4 is 29.7 Å². The van der Waals surface area contributed by atoms with Crippen molar-refractivity contribution in [3.8, 4) is 17.2 Å². The Morgan fingerprint density at radius 3 is 2.18 bits per heavy atom. The Kier molecular flexibility index (Phi) is 9.50. The molecule has 206 valence electrons. The Morgan fingerprint density at radius 1 is 0.949 bits per heavy atom. The normalized spacial score (nSPS) is 11.2. The first-order valence-electron chi connectivity index (χ1n) is 11.7. The lowest BCUT2D eigenvalue weighted by Crippen LogP contribution is -2.39. The number of amides is 2.